The average molecular weight is 558 g/mol. The third kappa shape index (κ3) is 6.70. The summed E-state index contributed by atoms with van der Waals surface area (Å²) < 4.78 is 25.5. The Morgan fingerprint density at radius 2 is 1.85 bits per heavy atom. The minimum Gasteiger partial charge on any atom is -0.508 e. The van der Waals surface area contributed by atoms with Crippen LogP contribution < -0.4 is 14.8 Å². The van der Waals surface area contributed by atoms with Gasteiger partial charge in [-0.15, -0.1) is 0 Å². The maximum atomic E-state index is 13.1. The number of phenolic OH excluding ortho intramolecular Hbond substituents is 1. The molecule has 0 bridgehead atoms. The van der Waals surface area contributed by atoms with Crippen LogP contribution in [0.4, 0.5) is 10.1 Å². The van der Waals surface area contributed by atoms with Crippen LogP contribution in [0.2, 0.25) is 0 Å². The standard InChI is InChI=1S/C25H20FIN2O4/c1-2-32-23-13-17(11-18(14-28)25(31)29-20-7-9-21(30)10-8-20)12-22(27)24(23)33-15-16-3-5-19(26)6-4-16/h3-13,30H,2,15H2,1H3,(H,29,31)/b18-11+. The number of amides is 1. The minimum atomic E-state index is -0.576. The van der Waals surface area contributed by atoms with Gasteiger partial charge in [0.05, 0.1) is 10.2 Å². The van der Waals surface area contributed by atoms with Crippen molar-refractivity contribution < 1.29 is 23.8 Å². The van der Waals surface area contributed by atoms with Crippen LogP contribution >= 0.6 is 22.6 Å². The summed E-state index contributed by atoms with van der Waals surface area (Å²) in [4.78, 5) is 12.5. The van der Waals surface area contributed by atoms with Crippen molar-refractivity contribution in [3.05, 3.63) is 86.8 Å². The normalized spacial score (nSPS) is 10.9. The first-order valence-electron chi connectivity index (χ1n) is 9.95. The Morgan fingerprint density at radius 3 is 2.48 bits per heavy atom. The summed E-state index contributed by atoms with van der Waals surface area (Å²) in [5, 5.41) is 21.5. The molecule has 0 aliphatic rings. The van der Waals surface area contributed by atoms with Crippen molar-refractivity contribution in [3.63, 3.8) is 0 Å². The molecular formula is C25H20FIN2O4. The van der Waals surface area contributed by atoms with E-state index in [1.807, 2.05) is 13.0 Å². The molecule has 8 heteroatoms. The monoisotopic (exact) mass is 558 g/mol. The van der Waals surface area contributed by atoms with E-state index in [4.69, 9.17) is 9.47 Å². The summed E-state index contributed by atoms with van der Waals surface area (Å²) in [5.74, 6) is 0.166. The van der Waals surface area contributed by atoms with E-state index in [0.717, 1.165) is 9.13 Å². The Hall–Kier alpha value is -3.58. The van der Waals surface area contributed by atoms with Crippen LogP contribution in [0, 0.1) is 20.7 Å². The van der Waals surface area contributed by atoms with Crippen LogP contribution in [0.5, 0.6) is 17.2 Å². The van der Waals surface area contributed by atoms with Gasteiger partial charge in [0.1, 0.15) is 29.8 Å². The summed E-state index contributed by atoms with van der Waals surface area (Å²) in [6, 6.07) is 17.3. The van der Waals surface area contributed by atoms with Gasteiger partial charge in [0.25, 0.3) is 5.91 Å². The van der Waals surface area contributed by atoms with Crippen LogP contribution in [0.15, 0.2) is 66.2 Å². The third-order valence-corrected chi connectivity index (χ3v) is 5.23. The summed E-state index contributed by atoms with van der Waals surface area (Å²) in [6.07, 6.45) is 1.46. The lowest BCUT2D eigenvalue weighted by molar-refractivity contribution is -0.112. The van der Waals surface area contributed by atoms with E-state index in [1.165, 1.54) is 42.5 Å². The molecule has 0 saturated heterocycles. The van der Waals surface area contributed by atoms with E-state index in [0.29, 0.717) is 29.4 Å². The molecule has 0 fully saturated rings. The second-order valence-electron chi connectivity index (χ2n) is 6.85. The molecule has 33 heavy (non-hydrogen) atoms. The van der Waals surface area contributed by atoms with E-state index in [2.05, 4.69) is 27.9 Å². The van der Waals surface area contributed by atoms with Gasteiger partial charge in [0, 0.05) is 5.69 Å². The average Bonchev–Trinajstić information content (AvgIpc) is 2.79. The highest BCUT2D eigenvalue weighted by atomic mass is 127. The number of carbonyl (C=O) groups excluding carboxylic acids is 1. The molecule has 3 rings (SSSR count). The molecular weight excluding hydrogens is 538 g/mol. The van der Waals surface area contributed by atoms with Gasteiger partial charge in [-0.05, 0) is 95.2 Å². The Kier molecular flexibility index (Phi) is 8.27. The lowest BCUT2D eigenvalue weighted by Gasteiger charge is -2.15. The van der Waals surface area contributed by atoms with E-state index < -0.39 is 5.91 Å². The van der Waals surface area contributed by atoms with E-state index in [1.54, 1.807) is 24.3 Å². The van der Waals surface area contributed by atoms with Crippen molar-refractivity contribution in [1.29, 1.82) is 5.26 Å². The van der Waals surface area contributed by atoms with Crippen molar-refractivity contribution in [2.45, 2.75) is 13.5 Å². The lowest BCUT2D eigenvalue weighted by Crippen LogP contribution is -2.13. The Labute approximate surface area is 204 Å². The fourth-order valence-electron chi connectivity index (χ4n) is 2.87. The molecule has 0 radical (unpaired) electrons. The van der Waals surface area contributed by atoms with Gasteiger partial charge in [-0.1, -0.05) is 12.1 Å². The molecule has 0 spiro atoms. The number of nitrogens with one attached hydrogen (secondary N) is 1. The van der Waals surface area contributed by atoms with Crippen molar-refractivity contribution in [2.75, 3.05) is 11.9 Å². The molecule has 0 aromatic heterocycles. The number of nitrogens with zero attached hydrogens (tertiary/aromatic N) is 1. The van der Waals surface area contributed by atoms with E-state index >= 15 is 0 Å². The first-order chi connectivity index (χ1) is 15.9. The molecule has 168 valence electrons. The van der Waals surface area contributed by atoms with Gasteiger partial charge < -0.3 is 19.9 Å². The molecule has 0 saturated carbocycles. The molecule has 0 heterocycles. The highest BCUT2D eigenvalue weighted by Gasteiger charge is 2.15. The van der Waals surface area contributed by atoms with Crippen LogP contribution in [-0.4, -0.2) is 17.6 Å². The summed E-state index contributed by atoms with van der Waals surface area (Å²) in [7, 11) is 0. The largest absolute Gasteiger partial charge is 0.508 e. The Morgan fingerprint density at radius 1 is 1.15 bits per heavy atom. The van der Waals surface area contributed by atoms with Crippen LogP contribution in [-0.2, 0) is 11.4 Å². The number of ether oxygens (including phenoxy) is 2. The zero-order valence-corrected chi connectivity index (χ0v) is 19.8. The number of carbonyl (C=O) groups is 1. The smallest absolute Gasteiger partial charge is 0.266 e. The number of hydrogen-bond acceptors (Lipinski definition) is 5. The quantitative estimate of drug-likeness (QED) is 0.161. The predicted octanol–water partition coefficient (Wildman–Crippen LogP) is 5.66. The van der Waals surface area contributed by atoms with Gasteiger partial charge in [-0.2, -0.15) is 5.26 Å². The van der Waals surface area contributed by atoms with Crippen LogP contribution in [0.3, 0.4) is 0 Å². The molecule has 3 aromatic carbocycles. The van der Waals surface area contributed by atoms with E-state index in [-0.39, 0.29) is 23.7 Å². The number of rotatable bonds is 8. The first kappa shape index (κ1) is 24.1. The van der Waals surface area contributed by atoms with Gasteiger partial charge in [0.2, 0.25) is 0 Å². The summed E-state index contributed by atoms with van der Waals surface area (Å²) in [5.41, 5.74) is 1.75. The number of hydrogen-bond donors (Lipinski definition) is 2. The molecule has 2 N–H and O–H groups in total. The highest BCUT2D eigenvalue weighted by Crippen LogP contribution is 2.35. The molecule has 0 aliphatic carbocycles. The van der Waals surface area contributed by atoms with Crippen molar-refractivity contribution in [1.82, 2.24) is 0 Å². The van der Waals surface area contributed by atoms with Gasteiger partial charge in [0.15, 0.2) is 11.5 Å². The predicted molar refractivity (Wildman–Crippen MR) is 131 cm³/mol. The number of aromatic hydroxyl groups is 1. The zero-order chi connectivity index (χ0) is 23.8. The van der Waals surface area contributed by atoms with E-state index in [9.17, 15) is 19.6 Å². The molecule has 0 atom stereocenters. The third-order valence-electron chi connectivity index (χ3n) is 4.43. The zero-order valence-electron chi connectivity index (χ0n) is 17.6. The SMILES string of the molecule is CCOc1cc(/C=C(\C#N)C(=O)Nc2ccc(O)cc2)cc(I)c1OCc1ccc(F)cc1. The van der Waals surface area contributed by atoms with Crippen LogP contribution in [0.1, 0.15) is 18.1 Å². The molecule has 6 nitrogen and oxygen atoms in total. The topological polar surface area (TPSA) is 91.6 Å². The maximum absolute atomic E-state index is 13.1. The Balaban J connectivity index is 1.83. The number of phenols is 1. The minimum absolute atomic E-state index is 0.0730. The fraction of sp³-hybridized carbons (Fsp3) is 0.120. The van der Waals surface area contributed by atoms with Gasteiger partial charge >= 0.3 is 0 Å². The highest BCUT2D eigenvalue weighted by molar-refractivity contribution is 14.1. The molecule has 0 unspecified atom stereocenters. The second kappa shape index (κ2) is 11.3. The second-order valence-corrected chi connectivity index (χ2v) is 8.01. The maximum Gasteiger partial charge on any atom is 0.266 e. The van der Waals surface area contributed by atoms with Crippen LogP contribution in [0.25, 0.3) is 6.08 Å². The number of benzene rings is 3. The molecule has 1 amide bonds. The number of nitriles is 1. The van der Waals surface area contributed by atoms with Gasteiger partial charge in [-0.3, -0.25) is 4.79 Å². The fourth-order valence-corrected chi connectivity index (χ4v) is 3.65. The lowest BCUT2D eigenvalue weighted by atomic mass is 10.1. The van der Waals surface area contributed by atoms with Crippen molar-refractivity contribution in [3.8, 4) is 23.3 Å². The molecule has 3 aromatic rings. The number of anilines is 1. The van der Waals surface area contributed by atoms with Crippen molar-refractivity contribution in [2.24, 2.45) is 0 Å². The van der Waals surface area contributed by atoms with Gasteiger partial charge in [-0.25, -0.2) is 4.39 Å². The van der Waals surface area contributed by atoms with Crippen molar-refractivity contribution >= 4 is 40.3 Å². The first-order valence-corrected chi connectivity index (χ1v) is 11.0. The molecule has 0 aliphatic heterocycles. The number of halogens is 2. The Bertz CT molecular complexity index is 1200. The summed E-state index contributed by atoms with van der Waals surface area (Å²) >= 11 is 2.10. The summed E-state index contributed by atoms with van der Waals surface area (Å²) in [6.45, 7) is 2.46.